The van der Waals surface area contributed by atoms with Gasteiger partial charge in [-0.25, -0.2) is 0 Å². The van der Waals surface area contributed by atoms with Crippen molar-refractivity contribution in [1.29, 1.82) is 0 Å². The molecule has 0 saturated carbocycles. The number of nitrogens with one attached hydrogen (secondary N) is 2. The Morgan fingerprint density at radius 3 is 2.24 bits per heavy atom. The first kappa shape index (κ1) is 30.3. The maximum atomic E-state index is 13.9. The van der Waals surface area contributed by atoms with Gasteiger partial charge in [0.25, 0.3) is 5.91 Å². The topological polar surface area (TPSA) is 92.1 Å². The normalized spacial score (nSPS) is 13.4. The van der Waals surface area contributed by atoms with Crippen molar-refractivity contribution in [3.05, 3.63) is 77.1 Å². The van der Waals surface area contributed by atoms with Crippen LogP contribution in [0.4, 0.5) is 11.4 Å². The van der Waals surface area contributed by atoms with E-state index in [0.29, 0.717) is 35.0 Å². The smallest absolute Gasteiger partial charge is 0.274 e. The number of methoxy groups -OCH3 is 4. The molecule has 7 rings (SSSR count). The molecular formula is C35H37ClN4O5. The molecule has 2 N–H and O–H groups in total. The predicted octanol–water partition coefficient (Wildman–Crippen LogP) is 7.08. The number of benzene rings is 3. The lowest BCUT2D eigenvalue weighted by Crippen LogP contribution is -2.29. The van der Waals surface area contributed by atoms with Crippen molar-refractivity contribution >= 4 is 56.4 Å². The fraction of sp³-hybridized carbons (Fsp3) is 0.286. The van der Waals surface area contributed by atoms with Crippen LogP contribution in [0.1, 0.15) is 32.9 Å². The second-order valence-electron chi connectivity index (χ2n) is 11.0. The molecule has 0 aliphatic carbocycles. The maximum Gasteiger partial charge on any atom is 0.274 e. The zero-order valence-corrected chi connectivity index (χ0v) is 27.1. The van der Waals surface area contributed by atoms with Gasteiger partial charge in [-0.1, -0.05) is 12.6 Å². The number of ether oxygens (including phenoxy) is 4. The Balaban J connectivity index is 0.00000175. The number of fused-ring (bicyclic) bond motifs is 5. The monoisotopic (exact) mass is 628 g/mol. The van der Waals surface area contributed by atoms with Gasteiger partial charge in [0.15, 0.2) is 11.5 Å². The van der Waals surface area contributed by atoms with Gasteiger partial charge in [-0.2, -0.15) is 0 Å². The van der Waals surface area contributed by atoms with Gasteiger partial charge in [-0.15, -0.1) is 11.6 Å². The lowest BCUT2D eigenvalue weighted by Gasteiger charge is -2.22. The SMILES string of the molecule is C=C(c1cc2c3c(ccc2[nH]1)N(C(=O)c1cc2cc(OC)c(OC)c(OC)c2[nH]1)CC3)N1CCc2cc(C)c(OC)cc21.CCl. The second-order valence-corrected chi connectivity index (χ2v) is 11.0. The molecule has 1 amide bonds. The molecule has 2 aliphatic heterocycles. The van der Waals surface area contributed by atoms with Gasteiger partial charge in [0.1, 0.15) is 11.4 Å². The second kappa shape index (κ2) is 12.0. The highest BCUT2D eigenvalue weighted by atomic mass is 35.5. The summed E-state index contributed by atoms with van der Waals surface area (Å²) in [5.74, 6) is 2.28. The van der Waals surface area contributed by atoms with Crippen molar-refractivity contribution in [1.82, 2.24) is 9.97 Å². The highest BCUT2D eigenvalue weighted by Crippen LogP contribution is 2.44. The Morgan fingerprint density at radius 2 is 1.53 bits per heavy atom. The maximum absolute atomic E-state index is 13.9. The summed E-state index contributed by atoms with van der Waals surface area (Å²) in [6, 6.07) is 14.2. The fourth-order valence-corrected chi connectivity index (χ4v) is 6.67. The molecule has 9 nitrogen and oxygen atoms in total. The van der Waals surface area contributed by atoms with E-state index in [9.17, 15) is 4.79 Å². The third-order valence-electron chi connectivity index (χ3n) is 8.79. The van der Waals surface area contributed by atoms with Gasteiger partial charge < -0.3 is 38.7 Å². The Labute approximate surface area is 267 Å². The number of aromatic amines is 2. The van der Waals surface area contributed by atoms with Crippen molar-refractivity contribution in [2.24, 2.45) is 0 Å². The van der Waals surface area contributed by atoms with Crippen molar-refractivity contribution < 1.29 is 23.7 Å². The molecule has 234 valence electrons. The van der Waals surface area contributed by atoms with E-state index in [4.69, 9.17) is 18.9 Å². The van der Waals surface area contributed by atoms with E-state index in [2.05, 4.69) is 58.2 Å². The lowest BCUT2D eigenvalue weighted by molar-refractivity contribution is 0.0985. The van der Waals surface area contributed by atoms with Crippen molar-refractivity contribution in [3.8, 4) is 23.0 Å². The Morgan fingerprint density at radius 1 is 0.800 bits per heavy atom. The van der Waals surface area contributed by atoms with Gasteiger partial charge in [-0.05, 0) is 66.8 Å². The Hall–Kier alpha value is -4.76. The van der Waals surface area contributed by atoms with Gasteiger partial charge in [-0.3, -0.25) is 4.79 Å². The first-order valence-corrected chi connectivity index (χ1v) is 15.4. The standard InChI is InChI=1S/C34H34N4O5.CH3Cl/c1-18-13-20-9-11-37(28(20)17-29(18)40-3)19(2)25-16-23-22-10-12-38(27(22)8-7-24(23)35-25)34(39)26-14-21-15-30(41-4)32(42-5)33(43-6)31(21)36-26;1-2/h7-8,13-17,35-36H,2,9-12H2,1,3-6H3;1H3. The Bertz CT molecular complexity index is 1960. The molecule has 0 spiro atoms. The minimum Gasteiger partial charge on any atom is -0.496 e. The largest absolute Gasteiger partial charge is 0.496 e. The number of anilines is 2. The number of aryl methyl sites for hydroxylation is 1. The molecule has 2 aliphatic rings. The molecule has 0 atom stereocenters. The average molecular weight is 629 g/mol. The first-order valence-electron chi connectivity index (χ1n) is 14.7. The van der Waals surface area contributed by atoms with Crippen LogP contribution in [0.25, 0.3) is 27.5 Å². The number of carbonyl (C=O) groups is 1. The molecular weight excluding hydrogens is 592 g/mol. The van der Waals surface area contributed by atoms with E-state index in [1.165, 1.54) is 11.9 Å². The van der Waals surface area contributed by atoms with E-state index < -0.39 is 0 Å². The molecule has 4 heterocycles. The minimum absolute atomic E-state index is 0.104. The molecule has 45 heavy (non-hydrogen) atoms. The third kappa shape index (κ3) is 4.82. The van der Waals surface area contributed by atoms with Crippen molar-refractivity contribution in [2.75, 3.05) is 57.7 Å². The third-order valence-corrected chi connectivity index (χ3v) is 8.79. The number of hydrogen-bond acceptors (Lipinski definition) is 6. The number of aromatic nitrogens is 2. The first-order chi connectivity index (χ1) is 21.9. The lowest BCUT2D eigenvalue weighted by atomic mass is 10.1. The number of alkyl halides is 1. The van der Waals surface area contributed by atoms with Crippen LogP contribution in [0, 0.1) is 6.92 Å². The highest BCUT2D eigenvalue weighted by Gasteiger charge is 2.30. The summed E-state index contributed by atoms with van der Waals surface area (Å²) in [6.07, 6.45) is 3.20. The van der Waals surface area contributed by atoms with E-state index in [0.717, 1.165) is 75.3 Å². The van der Waals surface area contributed by atoms with Crippen molar-refractivity contribution in [2.45, 2.75) is 19.8 Å². The van der Waals surface area contributed by atoms with Crippen LogP contribution < -0.4 is 28.7 Å². The molecule has 2 aromatic heterocycles. The van der Waals surface area contributed by atoms with Crippen LogP contribution in [0.3, 0.4) is 0 Å². The molecule has 3 aromatic carbocycles. The molecule has 5 aromatic rings. The number of carbonyl (C=O) groups excluding carboxylic acids is 1. The van der Waals surface area contributed by atoms with E-state index in [-0.39, 0.29) is 5.91 Å². The zero-order valence-electron chi connectivity index (χ0n) is 26.4. The van der Waals surface area contributed by atoms with Crippen LogP contribution >= 0.6 is 11.6 Å². The summed E-state index contributed by atoms with van der Waals surface area (Å²) in [5.41, 5.74) is 9.71. The zero-order chi connectivity index (χ0) is 32.0. The number of amides is 1. The number of nitrogens with zero attached hydrogens (tertiary/aromatic N) is 2. The van der Waals surface area contributed by atoms with Crippen molar-refractivity contribution in [3.63, 3.8) is 0 Å². The van der Waals surface area contributed by atoms with Crippen LogP contribution in [0.2, 0.25) is 0 Å². The summed E-state index contributed by atoms with van der Waals surface area (Å²) in [6.45, 7) is 8.00. The Kier molecular flexibility index (Phi) is 8.05. The van der Waals surface area contributed by atoms with Crippen LogP contribution in [0.15, 0.2) is 49.0 Å². The van der Waals surface area contributed by atoms with Gasteiger partial charge in [0, 0.05) is 53.2 Å². The van der Waals surface area contributed by atoms with E-state index in [1.807, 2.05) is 29.2 Å². The van der Waals surface area contributed by atoms with Crippen LogP contribution in [-0.2, 0) is 12.8 Å². The van der Waals surface area contributed by atoms with Gasteiger partial charge in [0.05, 0.1) is 45.3 Å². The summed E-state index contributed by atoms with van der Waals surface area (Å²) in [5, 5.41) is 1.91. The molecule has 0 saturated heterocycles. The molecule has 0 bridgehead atoms. The molecule has 0 unspecified atom stereocenters. The van der Waals surface area contributed by atoms with Gasteiger partial charge in [0.2, 0.25) is 5.75 Å². The predicted molar refractivity (Wildman–Crippen MR) is 181 cm³/mol. The summed E-state index contributed by atoms with van der Waals surface area (Å²) >= 11 is 4.64. The van der Waals surface area contributed by atoms with Gasteiger partial charge >= 0.3 is 0 Å². The van der Waals surface area contributed by atoms with Crippen LogP contribution in [-0.4, -0.2) is 63.8 Å². The summed E-state index contributed by atoms with van der Waals surface area (Å²) in [7, 11) is 6.42. The molecule has 10 heteroatoms. The number of hydrogen-bond donors (Lipinski definition) is 2. The molecule has 0 fully saturated rings. The number of rotatable bonds is 7. The van der Waals surface area contributed by atoms with E-state index >= 15 is 0 Å². The quantitative estimate of drug-likeness (QED) is 0.187. The average Bonchev–Trinajstić information content (AvgIpc) is 3.87. The number of H-pyrrole nitrogens is 2. The highest BCUT2D eigenvalue weighted by molar-refractivity contribution is 6.15. The summed E-state index contributed by atoms with van der Waals surface area (Å²) < 4.78 is 22.2. The van der Waals surface area contributed by atoms with Crippen LogP contribution in [0.5, 0.6) is 23.0 Å². The summed E-state index contributed by atoms with van der Waals surface area (Å²) in [4.78, 5) is 24.8. The minimum atomic E-state index is -0.104. The molecule has 0 radical (unpaired) electrons. The fourth-order valence-electron chi connectivity index (χ4n) is 6.67. The number of halogens is 1. The van der Waals surface area contributed by atoms with E-state index in [1.54, 1.807) is 28.4 Å².